The van der Waals surface area contributed by atoms with Crippen LogP contribution in [0.25, 0.3) is 0 Å². The fourth-order valence-electron chi connectivity index (χ4n) is 2.17. The summed E-state index contributed by atoms with van der Waals surface area (Å²) in [6.07, 6.45) is 7.73. The van der Waals surface area contributed by atoms with Gasteiger partial charge in [0.1, 0.15) is 5.56 Å². The first-order chi connectivity index (χ1) is 12.9. The van der Waals surface area contributed by atoms with Crippen molar-refractivity contribution in [3.05, 3.63) is 57.5 Å². The lowest BCUT2D eigenvalue weighted by Gasteiger charge is -2.15. The third kappa shape index (κ3) is 6.51. The zero-order chi connectivity index (χ0) is 20.4. The van der Waals surface area contributed by atoms with Crippen LogP contribution >= 0.6 is 10.0 Å². The number of rotatable bonds is 4. The summed E-state index contributed by atoms with van der Waals surface area (Å²) in [5, 5.41) is 15.5. The summed E-state index contributed by atoms with van der Waals surface area (Å²) in [5.41, 5.74) is 1.50. The Morgan fingerprint density at radius 3 is 2.44 bits per heavy atom. The molecule has 0 unspecified atom stereocenters. The van der Waals surface area contributed by atoms with Crippen molar-refractivity contribution in [1.29, 1.82) is 5.26 Å². The van der Waals surface area contributed by atoms with Crippen molar-refractivity contribution < 1.29 is 0 Å². The molecule has 1 aromatic carbocycles. The predicted octanol–water partition coefficient (Wildman–Crippen LogP) is 3.62. The monoisotopic (exact) mass is 384 g/mol. The van der Waals surface area contributed by atoms with Gasteiger partial charge in [-0.1, -0.05) is 32.0 Å². The molecule has 2 rings (SSSR count). The van der Waals surface area contributed by atoms with Crippen LogP contribution in [-0.2, 0) is 6.54 Å². The van der Waals surface area contributed by atoms with E-state index in [0.29, 0.717) is 23.6 Å². The Labute approximate surface area is 163 Å². The highest BCUT2D eigenvalue weighted by molar-refractivity contribution is 8.35. The Bertz CT molecular complexity index is 924. The van der Waals surface area contributed by atoms with Crippen molar-refractivity contribution >= 4 is 16.0 Å². The standard InChI is InChI=1S/C19H22N4OS.C2H6/c1-5-21-19-22-13-16(10-11-25(2,3)4)18(24)23(19)14-17-9-7-6-8-15(17)12-20;1-2/h6-9,13H,5,14H2,1-4H3,(H,21,22);1-2H3. The van der Waals surface area contributed by atoms with Gasteiger partial charge >= 0.3 is 0 Å². The molecule has 0 radical (unpaired) electrons. The van der Waals surface area contributed by atoms with E-state index >= 15 is 0 Å². The quantitative estimate of drug-likeness (QED) is 0.817. The number of benzene rings is 1. The maximum absolute atomic E-state index is 12.9. The molecule has 5 nitrogen and oxygen atoms in total. The van der Waals surface area contributed by atoms with Crippen molar-refractivity contribution in [2.24, 2.45) is 0 Å². The third-order valence-corrected chi connectivity index (χ3v) is 4.05. The fraction of sp³-hybridized carbons (Fsp3) is 0.381. The number of nitriles is 1. The maximum atomic E-state index is 12.9. The molecule has 0 atom stereocenters. The molecule has 0 aliphatic carbocycles. The van der Waals surface area contributed by atoms with E-state index in [2.05, 4.69) is 46.3 Å². The lowest BCUT2D eigenvalue weighted by molar-refractivity contribution is 0.737. The second kappa shape index (κ2) is 10.4. The van der Waals surface area contributed by atoms with Crippen molar-refractivity contribution in [3.63, 3.8) is 0 Å². The summed E-state index contributed by atoms with van der Waals surface area (Å²) >= 11 is 0. The molecule has 0 saturated heterocycles. The molecule has 0 saturated carbocycles. The van der Waals surface area contributed by atoms with E-state index in [4.69, 9.17) is 0 Å². The lowest BCUT2D eigenvalue weighted by Crippen LogP contribution is -2.27. The minimum atomic E-state index is -1.04. The molecule has 1 heterocycles. The van der Waals surface area contributed by atoms with Gasteiger partial charge in [-0.15, -0.1) is 0 Å². The minimum Gasteiger partial charge on any atom is -0.356 e. The van der Waals surface area contributed by atoms with Gasteiger partial charge in [0.15, 0.2) is 0 Å². The Kier molecular flexibility index (Phi) is 8.65. The van der Waals surface area contributed by atoms with E-state index < -0.39 is 10.0 Å². The molecule has 1 aromatic heterocycles. The molecule has 1 N–H and O–H groups in total. The third-order valence-electron chi connectivity index (χ3n) is 3.34. The van der Waals surface area contributed by atoms with Crippen molar-refractivity contribution in [2.45, 2.75) is 27.3 Å². The van der Waals surface area contributed by atoms with Gasteiger partial charge in [-0.3, -0.25) is 9.36 Å². The van der Waals surface area contributed by atoms with Gasteiger partial charge in [-0.05, 0) is 48.5 Å². The molecular weight excluding hydrogens is 356 g/mol. The van der Waals surface area contributed by atoms with Gasteiger partial charge < -0.3 is 5.32 Å². The molecule has 144 valence electrons. The van der Waals surface area contributed by atoms with Gasteiger partial charge in [0, 0.05) is 6.54 Å². The summed E-state index contributed by atoms with van der Waals surface area (Å²) in [4.78, 5) is 17.2. The van der Waals surface area contributed by atoms with Crippen LogP contribution in [0.5, 0.6) is 0 Å². The van der Waals surface area contributed by atoms with Gasteiger partial charge in [0.05, 0.1) is 24.4 Å². The SMILES string of the molecule is CC.CCNc1ncc(C#CS(C)(C)C)c(=O)n1Cc1ccccc1C#N. The van der Waals surface area contributed by atoms with Crippen molar-refractivity contribution in [1.82, 2.24) is 9.55 Å². The molecule has 2 aromatic rings. The number of hydrogen-bond acceptors (Lipinski definition) is 4. The maximum Gasteiger partial charge on any atom is 0.271 e. The molecule has 0 bridgehead atoms. The largest absolute Gasteiger partial charge is 0.356 e. The highest BCUT2D eigenvalue weighted by Gasteiger charge is 2.11. The van der Waals surface area contributed by atoms with Crippen molar-refractivity contribution in [2.75, 3.05) is 30.6 Å². The van der Waals surface area contributed by atoms with Crippen molar-refractivity contribution in [3.8, 4) is 17.2 Å². The van der Waals surface area contributed by atoms with Gasteiger partial charge in [0.2, 0.25) is 5.95 Å². The Morgan fingerprint density at radius 1 is 1.19 bits per heavy atom. The van der Waals surface area contributed by atoms with Crippen LogP contribution in [-0.4, -0.2) is 34.9 Å². The van der Waals surface area contributed by atoms with Gasteiger partial charge in [-0.2, -0.15) is 15.3 Å². The number of nitrogens with zero attached hydrogens (tertiary/aromatic N) is 3. The van der Waals surface area contributed by atoms with E-state index in [-0.39, 0.29) is 12.1 Å². The predicted molar refractivity (Wildman–Crippen MR) is 117 cm³/mol. The van der Waals surface area contributed by atoms with E-state index in [9.17, 15) is 10.1 Å². The highest BCUT2D eigenvalue weighted by atomic mass is 32.3. The summed E-state index contributed by atoms with van der Waals surface area (Å²) in [6, 6.07) is 9.42. The first kappa shape index (κ1) is 22.3. The molecule has 27 heavy (non-hydrogen) atoms. The van der Waals surface area contributed by atoms with Crippen LogP contribution in [0.15, 0.2) is 35.3 Å². The van der Waals surface area contributed by atoms with Crippen LogP contribution in [0.2, 0.25) is 0 Å². The zero-order valence-corrected chi connectivity index (χ0v) is 17.8. The number of anilines is 1. The summed E-state index contributed by atoms with van der Waals surface area (Å²) < 4.78 is 1.54. The number of aromatic nitrogens is 2. The summed E-state index contributed by atoms with van der Waals surface area (Å²) in [5.74, 6) is 3.46. The first-order valence-electron chi connectivity index (χ1n) is 8.88. The minimum absolute atomic E-state index is 0.199. The van der Waals surface area contributed by atoms with Crippen LogP contribution in [0.1, 0.15) is 37.5 Å². The molecule has 0 amide bonds. The van der Waals surface area contributed by atoms with Gasteiger partial charge in [0.25, 0.3) is 5.56 Å². The Hall–Kier alpha value is -2.70. The second-order valence-corrected chi connectivity index (χ2v) is 10.1. The number of hydrogen-bond donors (Lipinski definition) is 1. The zero-order valence-electron chi connectivity index (χ0n) is 17.0. The van der Waals surface area contributed by atoms with E-state index in [1.807, 2.05) is 39.0 Å². The van der Waals surface area contributed by atoms with Crippen LogP contribution in [0.4, 0.5) is 5.95 Å². The van der Waals surface area contributed by atoms with Crippen LogP contribution in [0, 0.1) is 22.5 Å². The Morgan fingerprint density at radius 2 is 1.85 bits per heavy atom. The molecule has 6 heteroatoms. The van der Waals surface area contributed by atoms with Gasteiger partial charge in [-0.25, -0.2) is 4.98 Å². The van der Waals surface area contributed by atoms with E-state index in [1.165, 1.54) is 6.20 Å². The molecule has 0 aliphatic rings. The van der Waals surface area contributed by atoms with E-state index in [1.54, 1.807) is 10.6 Å². The van der Waals surface area contributed by atoms with E-state index in [0.717, 1.165) is 5.56 Å². The lowest BCUT2D eigenvalue weighted by atomic mass is 10.1. The molecule has 0 aliphatic heterocycles. The topological polar surface area (TPSA) is 70.7 Å². The average Bonchev–Trinajstić information content (AvgIpc) is 2.65. The summed E-state index contributed by atoms with van der Waals surface area (Å²) in [6.45, 7) is 6.86. The Balaban J connectivity index is 0.00000176. The molecule has 0 fully saturated rings. The first-order valence-corrected chi connectivity index (χ1v) is 11.7. The normalized spacial score (nSPS) is 10.6. The molecular formula is C21H28N4OS. The average molecular weight is 385 g/mol. The fourth-order valence-corrected chi connectivity index (χ4v) is 2.59. The van der Waals surface area contributed by atoms with Crippen LogP contribution < -0.4 is 10.9 Å². The summed E-state index contributed by atoms with van der Waals surface area (Å²) in [7, 11) is -1.04. The smallest absolute Gasteiger partial charge is 0.271 e. The molecule has 0 spiro atoms. The van der Waals surface area contributed by atoms with Crippen LogP contribution in [0.3, 0.4) is 0 Å². The highest BCUT2D eigenvalue weighted by Crippen LogP contribution is 2.32. The number of nitrogens with one attached hydrogen (secondary N) is 1. The second-order valence-electron chi connectivity index (χ2n) is 6.25.